The summed E-state index contributed by atoms with van der Waals surface area (Å²) < 4.78 is 15.4. The molecule has 3 rings (SSSR count). The van der Waals surface area contributed by atoms with Gasteiger partial charge in [-0.1, -0.05) is 36.4 Å². The largest absolute Gasteiger partial charge is 0.456 e. The molecule has 23 heavy (non-hydrogen) atoms. The Balaban J connectivity index is 1.76. The van der Waals surface area contributed by atoms with Crippen LogP contribution in [0, 0.1) is 0 Å². The van der Waals surface area contributed by atoms with Gasteiger partial charge in [0.25, 0.3) is 0 Å². The molecule has 114 valence electrons. The molecule has 0 amide bonds. The molecule has 0 saturated carbocycles. The highest BCUT2D eigenvalue weighted by molar-refractivity contribution is 6.02. The lowest BCUT2D eigenvalue weighted by molar-refractivity contribution is 0.0667. The summed E-state index contributed by atoms with van der Waals surface area (Å²) in [6.45, 7) is 0. The van der Waals surface area contributed by atoms with Crippen molar-refractivity contribution in [1.29, 1.82) is 0 Å². The molecule has 0 unspecified atom stereocenters. The fourth-order valence-corrected chi connectivity index (χ4v) is 1.92. The zero-order valence-corrected chi connectivity index (χ0v) is 12.0. The molecule has 0 atom stereocenters. The van der Waals surface area contributed by atoms with Crippen molar-refractivity contribution < 1.29 is 23.5 Å². The summed E-state index contributed by atoms with van der Waals surface area (Å²) >= 11 is 0. The Kier molecular flexibility index (Phi) is 4.20. The Bertz CT molecular complexity index is 738. The molecule has 0 radical (unpaired) electrons. The maximum atomic E-state index is 12.2. The molecule has 0 aliphatic rings. The van der Waals surface area contributed by atoms with Gasteiger partial charge in [0.2, 0.25) is 5.76 Å². The Hall–Kier alpha value is -3.34. The summed E-state index contributed by atoms with van der Waals surface area (Å²) in [5, 5.41) is 0. The second kappa shape index (κ2) is 6.62. The smallest absolute Gasteiger partial charge is 0.380 e. The molecule has 1 heterocycles. The number of carbonyl (C=O) groups is 2. The third-order valence-corrected chi connectivity index (χ3v) is 2.98. The lowest BCUT2D eigenvalue weighted by atomic mass is 10.2. The molecule has 0 saturated heterocycles. The summed E-state index contributed by atoms with van der Waals surface area (Å²) in [6, 6.07) is 18.4. The molecule has 0 bridgehead atoms. The Morgan fingerprint density at radius 2 is 1.22 bits per heavy atom. The molecular formula is C18H12O5. The lowest BCUT2D eigenvalue weighted by Crippen LogP contribution is -2.15. The standard InChI is InChI=1S/C18H12O5/c19-17(22-13-7-3-1-4-8-13)15-11-12-21-16(15)18(20)23-14-9-5-2-6-10-14/h1-12H. The number of benzene rings is 2. The first kappa shape index (κ1) is 14.6. The van der Waals surface area contributed by atoms with Gasteiger partial charge in [-0.2, -0.15) is 0 Å². The van der Waals surface area contributed by atoms with Crippen molar-refractivity contribution in [2.75, 3.05) is 0 Å². The maximum absolute atomic E-state index is 12.2. The van der Waals surface area contributed by atoms with Crippen LogP contribution in [0.1, 0.15) is 20.9 Å². The zero-order chi connectivity index (χ0) is 16.1. The van der Waals surface area contributed by atoms with Gasteiger partial charge in [0.15, 0.2) is 0 Å². The van der Waals surface area contributed by atoms with Crippen molar-refractivity contribution >= 4 is 11.9 Å². The molecule has 0 aliphatic carbocycles. The van der Waals surface area contributed by atoms with Crippen LogP contribution in [0.5, 0.6) is 11.5 Å². The molecule has 0 fully saturated rings. The fourth-order valence-electron chi connectivity index (χ4n) is 1.92. The number of rotatable bonds is 4. The first-order chi connectivity index (χ1) is 11.2. The van der Waals surface area contributed by atoms with Crippen LogP contribution < -0.4 is 9.47 Å². The van der Waals surface area contributed by atoms with E-state index in [9.17, 15) is 9.59 Å². The number of carbonyl (C=O) groups excluding carboxylic acids is 2. The van der Waals surface area contributed by atoms with Gasteiger partial charge in [-0.3, -0.25) is 0 Å². The van der Waals surface area contributed by atoms with E-state index in [0.717, 1.165) is 0 Å². The van der Waals surface area contributed by atoms with Crippen LogP contribution in [0.25, 0.3) is 0 Å². The normalized spacial score (nSPS) is 10.1. The summed E-state index contributed by atoms with van der Waals surface area (Å²) in [7, 11) is 0. The molecule has 0 aliphatic heterocycles. The number of hydrogen-bond donors (Lipinski definition) is 0. The van der Waals surface area contributed by atoms with Gasteiger partial charge in [0.05, 0.1) is 6.26 Å². The predicted octanol–water partition coefficient (Wildman–Crippen LogP) is 3.72. The Labute approximate surface area is 132 Å². The van der Waals surface area contributed by atoms with Crippen LogP contribution in [-0.2, 0) is 0 Å². The van der Waals surface area contributed by atoms with E-state index in [1.165, 1.54) is 12.3 Å². The van der Waals surface area contributed by atoms with Gasteiger partial charge in [0.1, 0.15) is 17.1 Å². The van der Waals surface area contributed by atoms with Crippen LogP contribution in [0.4, 0.5) is 0 Å². The minimum Gasteiger partial charge on any atom is -0.456 e. The lowest BCUT2D eigenvalue weighted by Gasteiger charge is -2.05. The average molecular weight is 308 g/mol. The van der Waals surface area contributed by atoms with Crippen molar-refractivity contribution in [2.45, 2.75) is 0 Å². The minimum absolute atomic E-state index is 0.00906. The second-order valence-corrected chi connectivity index (χ2v) is 4.57. The van der Waals surface area contributed by atoms with E-state index in [-0.39, 0.29) is 11.3 Å². The first-order valence-corrected chi connectivity index (χ1v) is 6.86. The molecule has 2 aromatic carbocycles. The average Bonchev–Trinajstić information content (AvgIpc) is 3.06. The maximum Gasteiger partial charge on any atom is 0.380 e. The highest BCUT2D eigenvalue weighted by atomic mass is 16.6. The number of furan rings is 1. The first-order valence-electron chi connectivity index (χ1n) is 6.86. The predicted molar refractivity (Wildman–Crippen MR) is 81.5 cm³/mol. The van der Waals surface area contributed by atoms with Gasteiger partial charge in [-0.25, -0.2) is 9.59 Å². The van der Waals surface area contributed by atoms with Crippen LogP contribution in [0.2, 0.25) is 0 Å². The van der Waals surface area contributed by atoms with E-state index in [0.29, 0.717) is 11.5 Å². The number of ether oxygens (including phenoxy) is 2. The fraction of sp³-hybridized carbons (Fsp3) is 0. The van der Waals surface area contributed by atoms with Crippen LogP contribution in [-0.4, -0.2) is 11.9 Å². The van der Waals surface area contributed by atoms with Crippen LogP contribution >= 0.6 is 0 Å². The third kappa shape index (κ3) is 3.47. The SMILES string of the molecule is O=C(Oc1ccccc1)c1ccoc1C(=O)Oc1ccccc1. The summed E-state index contributed by atoms with van der Waals surface area (Å²) in [5.74, 6) is -0.918. The van der Waals surface area contributed by atoms with Crippen molar-refractivity contribution in [1.82, 2.24) is 0 Å². The molecule has 0 N–H and O–H groups in total. The van der Waals surface area contributed by atoms with Crippen molar-refractivity contribution in [3.63, 3.8) is 0 Å². The zero-order valence-electron chi connectivity index (χ0n) is 12.0. The molecule has 3 aromatic rings. The summed E-state index contributed by atoms with van der Waals surface area (Å²) in [5.41, 5.74) is 0.00906. The molecule has 0 spiro atoms. The van der Waals surface area contributed by atoms with E-state index in [1.54, 1.807) is 60.7 Å². The highest BCUT2D eigenvalue weighted by Gasteiger charge is 2.24. The monoisotopic (exact) mass is 308 g/mol. The Morgan fingerprint density at radius 3 is 1.78 bits per heavy atom. The quantitative estimate of drug-likeness (QED) is 0.543. The van der Waals surface area contributed by atoms with E-state index in [2.05, 4.69) is 0 Å². The van der Waals surface area contributed by atoms with Crippen molar-refractivity contribution in [2.24, 2.45) is 0 Å². The van der Waals surface area contributed by atoms with Gasteiger partial charge >= 0.3 is 11.9 Å². The Morgan fingerprint density at radius 1 is 0.696 bits per heavy atom. The van der Waals surface area contributed by atoms with Gasteiger partial charge in [-0.05, 0) is 30.3 Å². The topological polar surface area (TPSA) is 65.7 Å². The van der Waals surface area contributed by atoms with Crippen molar-refractivity contribution in [3.8, 4) is 11.5 Å². The second-order valence-electron chi connectivity index (χ2n) is 4.57. The van der Waals surface area contributed by atoms with Crippen molar-refractivity contribution in [3.05, 3.63) is 84.3 Å². The third-order valence-electron chi connectivity index (χ3n) is 2.98. The number of esters is 2. The van der Waals surface area contributed by atoms with Gasteiger partial charge in [0, 0.05) is 0 Å². The minimum atomic E-state index is -0.763. The summed E-state index contributed by atoms with van der Waals surface area (Å²) in [6.07, 6.45) is 1.24. The van der Waals surface area contributed by atoms with E-state index in [4.69, 9.17) is 13.9 Å². The molecule has 1 aromatic heterocycles. The van der Waals surface area contributed by atoms with Crippen LogP contribution in [0.15, 0.2) is 77.4 Å². The van der Waals surface area contributed by atoms with Gasteiger partial charge < -0.3 is 13.9 Å². The molecule has 5 nitrogen and oxygen atoms in total. The highest BCUT2D eigenvalue weighted by Crippen LogP contribution is 2.18. The molecule has 5 heteroatoms. The molecular weight excluding hydrogens is 296 g/mol. The number of para-hydroxylation sites is 2. The van der Waals surface area contributed by atoms with E-state index >= 15 is 0 Å². The van der Waals surface area contributed by atoms with Gasteiger partial charge in [-0.15, -0.1) is 0 Å². The summed E-state index contributed by atoms with van der Waals surface area (Å²) in [4.78, 5) is 24.3. The van der Waals surface area contributed by atoms with E-state index in [1.807, 2.05) is 0 Å². The number of hydrogen-bond acceptors (Lipinski definition) is 5. The van der Waals surface area contributed by atoms with E-state index < -0.39 is 11.9 Å². The van der Waals surface area contributed by atoms with Crippen LogP contribution in [0.3, 0.4) is 0 Å².